The number of likely N-dealkylation sites (tertiary alicyclic amines) is 1. The third-order valence-electron chi connectivity index (χ3n) is 3.90. The monoisotopic (exact) mass is 337 g/mol. The summed E-state index contributed by atoms with van der Waals surface area (Å²) in [5.41, 5.74) is 0.497. The fourth-order valence-corrected chi connectivity index (χ4v) is 2.65. The van der Waals surface area contributed by atoms with Gasteiger partial charge in [0, 0.05) is 25.8 Å². The molecule has 0 atom stereocenters. The first-order valence-corrected chi connectivity index (χ1v) is 7.98. The second kappa shape index (κ2) is 8.54. The summed E-state index contributed by atoms with van der Waals surface area (Å²) in [6.45, 7) is 3.04. The van der Waals surface area contributed by atoms with E-state index in [1.165, 1.54) is 0 Å². The van der Waals surface area contributed by atoms with Gasteiger partial charge in [0.2, 0.25) is 0 Å². The van der Waals surface area contributed by atoms with Crippen molar-refractivity contribution < 1.29 is 28.9 Å². The van der Waals surface area contributed by atoms with Crippen LogP contribution in [0.4, 0.5) is 0 Å². The van der Waals surface area contributed by atoms with Gasteiger partial charge in [-0.1, -0.05) is 0 Å². The van der Waals surface area contributed by atoms with Gasteiger partial charge in [0.15, 0.2) is 18.1 Å². The van der Waals surface area contributed by atoms with E-state index in [0.29, 0.717) is 36.8 Å². The van der Waals surface area contributed by atoms with Crippen LogP contribution in [0.1, 0.15) is 30.1 Å². The maximum Gasteiger partial charge on any atom is 0.341 e. The van der Waals surface area contributed by atoms with Gasteiger partial charge >= 0.3 is 5.97 Å². The van der Waals surface area contributed by atoms with Crippen LogP contribution in [0.5, 0.6) is 11.5 Å². The smallest absolute Gasteiger partial charge is 0.341 e. The van der Waals surface area contributed by atoms with Crippen molar-refractivity contribution in [1.82, 2.24) is 4.90 Å². The normalized spacial score (nSPS) is 15.2. The summed E-state index contributed by atoms with van der Waals surface area (Å²) in [5.74, 6) is -0.459. The Morgan fingerprint density at radius 2 is 1.92 bits per heavy atom. The maximum atomic E-state index is 12.6. The average Bonchev–Trinajstić information content (AvgIpc) is 2.60. The highest BCUT2D eigenvalue weighted by Crippen LogP contribution is 2.29. The quantitative estimate of drug-likeness (QED) is 0.816. The summed E-state index contributed by atoms with van der Waals surface area (Å²) < 4.78 is 16.0. The molecule has 0 radical (unpaired) electrons. The minimum atomic E-state index is -1.07. The number of carbonyl (C=O) groups excluding carboxylic acids is 1. The lowest BCUT2D eigenvalue weighted by Gasteiger charge is -2.31. The average molecular weight is 337 g/mol. The van der Waals surface area contributed by atoms with Gasteiger partial charge in [-0.3, -0.25) is 4.79 Å². The zero-order valence-corrected chi connectivity index (χ0v) is 14.0. The molecule has 0 aliphatic carbocycles. The van der Waals surface area contributed by atoms with Crippen molar-refractivity contribution in [1.29, 1.82) is 0 Å². The van der Waals surface area contributed by atoms with Crippen LogP contribution in [-0.2, 0) is 9.53 Å². The van der Waals surface area contributed by atoms with Gasteiger partial charge in [-0.25, -0.2) is 4.79 Å². The van der Waals surface area contributed by atoms with Crippen LogP contribution < -0.4 is 9.47 Å². The molecule has 1 saturated heterocycles. The molecule has 1 heterocycles. The molecule has 1 aromatic carbocycles. The number of piperidine rings is 1. The van der Waals surface area contributed by atoms with Gasteiger partial charge in [-0.2, -0.15) is 0 Å². The number of carbonyl (C=O) groups is 2. The number of rotatable bonds is 7. The van der Waals surface area contributed by atoms with Crippen LogP contribution in [0.25, 0.3) is 0 Å². The van der Waals surface area contributed by atoms with Crippen LogP contribution in [0.15, 0.2) is 18.2 Å². The summed E-state index contributed by atoms with van der Waals surface area (Å²) in [7, 11) is 1.69. The third-order valence-corrected chi connectivity index (χ3v) is 3.90. The first kappa shape index (κ1) is 18.1. The van der Waals surface area contributed by atoms with Crippen LogP contribution in [0, 0.1) is 0 Å². The topological polar surface area (TPSA) is 85.3 Å². The van der Waals surface area contributed by atoms with E-state index in [1.54, 1.807) is 30.2 Å². The summed E-state index contributed by atoms with van der Waals surface area (Å²) in [5, 5.41) is 8.71. The predicted octanol–water partition coefficient (Wildman–Crippen LogP) is 1.80. The Kier molecular flexibility index (Phi) is 6.43. The molecule has 1 aliphatic heterocycles. The van der Waals surface area contributed by atoms with Crippen molar-refractivity contribution in [2.24, 2.45) is 0 Å². The molecule has 24 heavy (non-hydrogen) atoms. The summed E-state index contributed by atoms with van der Waals surface area (Å²) in [4.78, 5) is 25.1. The van der Waals surface area contributed by atoms with E-state index in [9.17, 15) is 9.59 Å². The summed E-state index contributed by atoms with van der Waals surface area (Å²) in [6, 6.07) is 4.80. The van der Waals surface area contributed by atoms with E-state index >= 15 is 0 Å². The van der Waals surface area contributed by atoms with E-state index < -0.39 is 12.6 Å². The highest BCUT2D eigenvalue weighted by Gasteiger charge is 2.24. The van der Waals surface area contributed by atoms with Gasteiger partial charge in [-0.05, 0) is 38.0 Å². The largest absolute Gasteiger partial charge is 0.490 e. The Labute approximate surface area is 141 Å². The van der Waals surface area contributed by atoms with Gasteiger partial charge < -0.3 is 24.2 Å². The lowest BCUT2D eigenvalue weighted by molar-refractivity contribution is -0.139. The molecule has 1 fully saturated rings. The minimum absolute atomic E-state index is 0.0738. The molecular weight excluding hydrogens is 314 g/mol. The molecule has 7 nitrogen and oxygen atoms in total. The van der Waals surface area contributed by atoms with Crippen molar-refractivity contribution in [3.05, 3.63) is 23.8 Å². The van der Waals surface area contributed by atoms with Crippen LogP contribution in [-0.4, -0.2) is 61.4 Å². The Morgan fingerprint density at radius 1 is 1.21 bits per heavy atom. The number of carboxylic acids is 1. The number of hydrogen-bond acceptors (Lipinski definition) is 5. The van der Waals surface area contributed by atoms with E-state index in [4.69, 9.17) is 19.3 Å². The number of methoxy groups -OCH3 is 1. The first-order valence-electron chi connectivity index (χ1n) is 7.98. The Morgan fingerprint density at radius 3 is 2.50 bits per heavy atom. The van der Waals surface area contributed by atoms with Gasteiger partial charge in [0.25, 0.3) is 5.91 Å². The molecule has 0 spiro atoms. The van der Waals surface area contributed by atoms with Gasteiger partial charge in [0.05, 0.1) is 12.7 Å². The van der Waals surface area contributed by atoms with Crippen LogP contribution >= 0.6 is 0 Å². The predicted molar refractivity (Wildman–Crippen MR) is 86.7 cm³/mol. The molecule has 1 N–H and O–H groups in total. The Balaban J connectivity index is 2.10. The molecule has 0 unspecified atom stereocenters. The number of nitrogens with zero attached hydrogens (tertiary/aromatic N) is 1. The standard InChI is InChI=1S/C17H23NO6/c1-3-23-15-10-12(4-5-14(15)24-11-16(19)20)17(21)18-8-6-13(22-2)7-9-18/h4-5,10,13H,3,6-9,11H2,1-2H3,(H,19,20). The van der Waals surface area contributed by atoms with E-state index in [0.717, 1.165) is 12.8 Å². The van der Waals surface area contributed by atoms with Crippen molar-refractivity contribution in [3.8, 4) is 11.5 Å². The van der Waals surface area contributed by atoms with Crippen LogP contribution in [0.2, 0.25) is 0 Å². The van der Waals surface area contributed by atoms with Crippen molar-refractivity contribution in [2.75, 3.05) is 33.4 Å². The number of carboxylic acid groups (broad SMARTS) is 1. The number of hydrogen-bond donors (Lipinski definition) is 1. The zero-order valence-electron chi connectivity index (χ0n) is 14.0. The first-order chi connectivity index (χ1) is 11.5. The Hall–Kier alpha value is -2.28. The number of aliphatic carboxylic acids is 1. The Bertz CT molecular complexity index is 580. The fraction of sp³-hybridized carbons (Fsp3) is 0.529. The van der Waals surface area contributed by atoms with Crippen molar-refractivity contribution >= 4 is 11.9 Å². The molecule has 0 bridgehead atoms. The SMILES string of the molecule is CCOc1cc(C(=O)N2CCC(OC)CC2)ccc1OCC(=O)O. The number of benzene rings is 1. The van der Waals surface area contributed by atoms with Crippen molar-refractivity contribution in [3.63, 3.8) is 0 Å². The summed E-state index contributed by atoms with van der Waals surface area (Å²) in [6.07, 6.45) is 1.85. The molecule has 0 aromatic heterocycles. The molecule has 7 heteroatoms. The minimum Gasteiger partial charge on any atom is -0.490 e. The zero-order chi connectivity index (χ0) is 17.5. The number of amides is 1. The van der Waals surface area contributed by atoms with E-state index in [-0.39, 0.29) is 12.0 Å². The maximum absolute atomic E-state index is 12.6. The molecule has 2 rings (SSSR count). The van der Waals surface area contributed by atoms with Gasteiger partial charge in [-0.15, -0.1) is 0 Å². The van der Waals surface area contributed by atoms with Gasteiger partial charge in [0.1, 0.15) is 0 Å². The highest BCUT2D eigenvalue weighted by molar-refractivity contribution is 5.95. The third kappa shape index (κ3) is 4.61. The molecule has 1 amide bonds. The second-order valence-electron chi connectivity index (χ2n) is 5.50. The summed E-state index contributed by atoms with van der Waals surface area (Å²) >= 11 is 0. The van der Waals surface area contributed by atoms with Crippen LogP contribution in [0.3, 0.4) is 0 Å². The van der Waals surface area contributed by atoms with E-state index in [1.807, 2.05) is 6.92 Å². The number of ether oxygens (including phenoxy) is 3. The highest BCUT2D eigenvalue weighted by atomic mass is 16.5. The molecule has 1 aromatic rings. The van der Waals surface area contributed by atoms with E-state index in [2.05, 4.69) is 0 Å². The molecular formula is C17H23NO6. The molecule has 1 aliphatic rings. The second-order valence-corrected chi connectivity index (χ2v) is 5.50. The van der Waals surface area contributed by atoms with Crippen molar-refractivity contribution in [2.45, 2.75) is 25.9 Å². The fourth-order valence-electron chi connectivity index (χ4n) is 2.65. The molecule has 132 valence electrons. The molecule has 0 saturated carbocycles. The lowest BCUT2D eigenvalue weighted by Crippen LogP contribution is -2.40. The lowest BCUT2D eigenvalue weighted by atomic mass is 10.1.